The molecular weight excluding hydrogens is 234 g/mol. The third-order valence-corrected chi connectivity index (χ3v) is 2.95. The molecule has 1 aliphatic heterocycles. The number of nitriles is 1. The molecule has 0 saturated carbocycles. The molecule has 18 heavy (non-hydrogen) atoms. The number of carbonyl (C=O) groups excluding carboxylic acids is 1. The van der Waals surface area contributed by atoms with E-state index in [1.807, 2.05) is 6.07 Å². The molecule has 94 valence electrons. The molecule has 2 atom stereocenters. The second kappa shape index (κ2) is 4.31. The average molecular weight is 247 g/mol. The Labute approximate surface area is 105 Å². The Kier molecular flexibility index (Phi) is 2.97. The second-order valence-electron chi connectivity index (χ2n) is 4.42. The molecule has 1 heterocycles. The number of hydrogen-bond acceptors (Lipinski definition) is 5. The Morgan fingerprint density at radius 1 is 1.61 bits per heavy atom. The number of hydrogen-bond donors (Lipinski definition) is 1. The van der Waals surface area contributed by atoms with E-state index in [2.05, 4.69) is 0 Å². The first kappa shape index (κ1) is 12.4. The number of aliphatic hydroxyl groups is 1. The predicted octanol–water partition coefficient (Wildman–Crippen LogP) is 1.18. The van der Waals surface area contributed by atoms with E-state index in [1.165, 1.54) is 20.1 Å². The summed E-state index contributed by atoms with van der Waals surface area (Å²) in [7, 11) is 1.49. The van der Waals surface area contributed by atoms with Gasteiger partial charge in [0.1, 0.15) is 23.0 Å². The maximum absolute atomic E-state index is 11.9. The molecule has 0 bridgehead atoms. The topological polar surface area (TPSA) is 79.6 Å². The van der Waals surface area contributed by atoms with Gasteiger partial charge in [-0.2, -0.15) is 5.26 Å². The summed E-state index contributed by atoms with van der Waals surface area (Å²) in [6, 6.07) is 1.92. The summed E-state index contributed by atoms with van der Waals surface area (Å²) in [6.45, 7) is 1.52. The van der Waals surface area contributed by atoms with Crippen LogP contribution in [0.1, 0.15) is 13.3 Å². The fraction of sp³-hybridized carbons (Fsp3) is 0.385. The molecule has 0 amide bonds. The molecule has 2 aliphatic rings. The van der Waals surface area contributed by atoms with Crippen LogP contribution in [0, 0.1) is 17.2 Å². The fourth-order valence-corrected chi connectivity index (χ4v) is 2.18. The Bertz CT molecular complexity index is 520. The van der Waals surface area contributed by atoms with Crippen LogP contribution in [0.25, 0.3) is 0 Å². The first-order valence-corrected chi connectivity index (χ1v) is 5.48. The fourth-order valence-electron chi connectivity index (χ4n) is 2.18. The van der Waals surface area contributed by atoms with Gasteiger partial charge in [-0.15, -0.1) is 0 Å². The van der Waals surface area contributed by atoms with Gasteiger partial charge in [-0.1, -0.05) is 0 Å². The molecule has 2 unspecified atom stereocenters. The number of carbonyl (C=O) groups is 1. The number of methoxy groups -OCH3 is 1. The van der Waals surface area contributed by atoms with Gasteiger partial charge in [-0.25, -0.2) is 0 Å². The van der Waals surface area contributed by atoms with Crippen LogP contribution in [0.3, 0.4) is 0 Å². The van der Waals surface area contributed by atoms with Crippen molar-refractivity contribution in [3.8, 4) is 6.07 Å². The molecule has 0 aromatic heterocycles. The van der Waals surface area contributed by atoms with Crippen LogP contribution in [0.4, 0.5) is 0 Å². The average Bonchev–Trinajstić information content (AvgIpc) is 2.26. The summed E-state index contributed by atoms with van der Waals surface area (Å²) in [4.78, 5) is 11.9. The number of esters is 1. The van der Waals surface area contributed by atoms with E-state index in [4.69, 9.17) is 14.7 Å². The SMILES string of the molecule is COC1=CC(C)(O)C2C(=O)OC(CC#N)=CC2=C1. The monoisotopic (exact) mass is 247 g/mol. The zero-order valence-electron chi connectivity index (χ0n) is 10.1. The Morgan fingerprint density at radius 2 is 2.33 bits per heavy atom. The number of fused-ring (bicyclic) bond motifs is 1. The molecule has 0 fully saturated rings. The first-order chi connectivity index (χ1) is 8.47. The van der Waals surface area contributed by atoms with Gasteiger partial charge in [0.15, 0.2) is 0 Å². The minimum absolute atomic E-state index is 0.0178. The summed E-state index contributed by atoms with van der Waals surface area (Å²) in [5.74, 6) is -0.559. The van der Waals surface area contributed by atoms with Crippen molar-refractivity contribution in [1.82, 2.24) is 0 Å². The molecule has 5 heteroatoms. The Morgan fingerprint density at radius 3 is 2.94 bits per heavy atom. The number of allylic oxidation sites excluding steroid dienone is 3. The molecule has 5 nitrogen and oxygen atoms in total. The van der Waals surface area contributed by atoms with Gasteiger partial charge < -0.3 is 14.6 Å². The maximum Gasteiger partial charge on any atom is 0.321 e. The van der Waals surface area contributed by atoms with Crippen LogP contribution >= 0.6 is 0 Å². The van der Waals surface area contributed by atoms with Gasteiger partial charge >= 0.3 is 5.97 Å². The molecule has 1 N–H and O–H groups in total. The molecule has 1 aliphatic carbocycles. The van der Waals surface area contributed by atoms with Crippen LogP contribution in [0.2, 0.25) is 0 Å². The zero-order valence-corrected chi connectivity index (χ0v) is 10.1. The number of rotatable bonds is 2. The van der Waals surface area contributed by atoms with Gasteiger partial charge in [0, 0.05) is 0 Å². The summed E-state index contributed by atoms with van der Waals surface area (Å²) >= 11 is 0. The van der Waals surface area contributed by atoms with E-state index < -0.39 is 17.5 Å². The number of cyclic esters (lactones) is 1. The zero-order chi connectivity index (χ0) is 13.3. The maximum atomic E-state index is 11.9. The van der Waals surface area contributed by atoms with Gasteiger partial charge in [-0.3, -0.25) is 4.79 Å². The van der Waals surface area contributed by atoms with E-state index in [-0.39, 0.29) is 12.2 Å². The van der Waals surface area contributed by atoms with Gasteiger partial charge in [0.05, 0.1) is 19.6 Å². The van der Waals surface area contributed by atoms with Crippen molar-refractivity contribution >= 4 is 5.97 Å². The van der Waals surface area contributed by atoms with Crippen molar-refractivity contribution in [1.29, 1.82) is 5.26 Å². The van der Waals surface area contributed by atoms with Gasteiger partial charge in [0.25, 0.3) is 0 Å². The minimum Gasteiger partial charge on any atom is -0.497 e. The normalized spacial score (nSPS) is 30.2. The second-order valence-corrected chi connectivity index (χ2v) is 4.42. The lowest BCUT2D eigenvalue weighted by Crippen LogP contribution is -2.43. The van der Waals surface area contributed by atoms with E-state index >= 15 is 0 Å². The molecule has 0 aromatic rings. The van der Waals surface area contributed by atoms with Crippen LogP contribution in [0.5, 0.6) is 0 Å². The third-order valence-electron chi connectivity index (χ3n) is 2.95. The first-order valence-electron chi connectivity index (χ1n) is 5.48. The summed E-state index contributed by atoms with van der Waals surface area (Å²) in [5.41, 5.74) is -0.762. The largest absolute Gasteiger partial charge is 0.497 e. The van der Waals surface area contributed by atoms with Crippen molar-refractivity contribution in [2.24, 2.45) is 5.92 Å². The van der Waals surface area contributed by atoms with Crippen molar-refractivity contribution in [3.63, 3.8) is 0 Å². The highest BCUT2D eigenvalue weighted by Gasteiger charge is 2.44. The van der Waals surface area contributed by atoms with Crippen LogP contribution in [-0.2, 0) is 14.3 Å². The van der Waals surface area contributed by atoms with Crippen molar-refractivity contribution in [3.05, 3.63) is 35.3 Å². The van der Waals surface area contributed by atoms with Crippen LogP contribution in [-0.4, -0.2) is 23.8 Å². The predicted molar refractivity (Wildman–Crippen MR) is 61.7 cm³/mol. The quantitative estimate of drug-likeness (QED) is 0.741. The van der Waals surface area contributed by atoms with E-state index in [0.717, 1.165) is 0 Å². The van der Waals surface area contributed by atoms with E-state index in [1.54, 1.807) is 12.2 Å². The number of ether oxygens (including phenoxy) is 2. The third kappa shape index (κ3) is 2.03. The summed E-state index contributed by atoms with van der Waals surface area (Å²) in [5, 5.41) is 18.9. The molecular formula is C13H13NO4. The Hall–Kier alpha value is -2.06. The van der Waals surface area contributed by atoms with Gasteiger partial charge in [-0.05, 0) is 30.7 Å². The van der Waals surface area contributed by atoms with E-state index in [0.29, 0.717) is 11.3 Å². The molecule has 0 saturated heterocycles. The van der Waals surface area contributed by atoms with Crippen LogP contribution < -0.4 is 0 Å². The highest BCUT2D eigenvalue weighted by molar-refractivity contribution is 5.82. The van der Waals surface area contributed by atoms with Gasteiger partial charge in [0.2, 0.25) is 0 Å². The summed E-state index contributed by atoms with van der Waals surface area (Å²) < 4.78 is 10.1. The lowest BCUT2D eigenvalue weighted by molar-refractivity contribution is -0.149. The standard InChI is InChI=1S/C13H13NO4/c1-13(16)7-10(17-2)6-8-5-9(3-4-14)18-12(15)11(8)13/h5-7,11,16H,3H2,1-2H3. The smallest absolute Gasteiger partial charge is 0.321 e. The van der Waals surface area contributed by atoms with E-state index in [9.17, 15) is 9.90 Å². The molecule has 0 aromatic carbocycles. The van der Waals surface area contributed by atoms with Crippen LogP contribution in [0.15, 0.2) is 35.3 Å². The highest BCUT2D eigenvalue weighted by Crippen LogP contribution is 2.38. The van der Waals surface area contributed by atoms with Crippen molar-refractivity contribution < 1.29 is 19.4 Å². The number of nitrogens with zero attached hydrogens (tertiary/aromatic N) is 1. The van der Waals surface area contributed by atoms with Crippen molar-refractivity contribution in [2.45, 2.75) is 18.9 Å². The molecule has 2 rings (SSSR count). The lowest BCUT2D eigenvalue weighted by atomic mass is 9.77. The molecule has 0 radical (unpaired) electrons. The molecule has 0 spiro atoms. The lowest BCUT2D eigenvalue weighted by Gasteiger charge is -2.35. The van der Waals surface area contributed by atoms with Crippen molar-refractivity contribution in [2.75, 3.05) is 7.11 Å². The summed E-state index contributed by atoms with van der Waals surface area (Å²) in [6.07, 6.45) is 4.77. The highest BCUT2D eigenvalue weighted by atomic mass is 16.5. The minimum atomic E-state index is -1.36. The Balaban J connectivity index is 2.46.